The highest BCUT2D eigenvalue weighted by atomic mass is 32.1. The first-order valence-electron chi connectivity index (χ1n) is 11.9. The number of anilines is 1. The molecule has 4 rings (SSSR count). The number of carboxylic acid groups (broad SMARTS) is 1. The van der Waals surface area contributed by atoms with Crippen LogP contribution in [0.5, 0.6) is 11.5 Å². The van der Waals surface area contributed by atoms with Crippen LogP contribution in [-0.2, 0) is 17.9 Å². The van der Waals surface area contributed by atoms with Crippen LogP contribution >= 0.6 is 11.3 Å². The first-order valence-corrected chi connectivity index (χ1v) is 12.8. The number of likely N-dealkylation sites (N-methyl/N-ethyl adjacent to an activating group) is 1. The van der Waals surface area contributed by atoms with Crippen molar-refractivity contribution in [2.45, 2.75) is 13.1 Å². The number of hydrogen-bond acceptors (Lipinski definition) is 7. The van der Waals surface area contributed by atoms with E-state index in [0.717, 1.165) is 33.3 Å². The number of ether oxygens (including phenoxy) is 2. The zero-order valence-electron chi connectivity index (χ0n) is 21.5. The second-order valence-corrected chi connectivity index (χ2v) is 9.51. The molecule has 1 heterocycles. The minimum Gasteiger partial charge on any atom is -0.497 e. The van der Waals surface area contributed by atoms with E-state index in [1.807, 2.05) is 53.9 Å². The van der Waals surface area contributed by atoms with Crippen molar-refractivity contribution in [3.63, 3.8) is 0 Å². The number of carboxylic acids is 1. The first kappa shape index (κ1) is 26.7. The monoisotopic (exact) mass is 531 g/mol. The second-order valence-electron chi connectivity index (χ2n) is 8.68. The van der Waals surface area contributed by atoms with Crippen LogP contribution < -0.4 is 14.4 Å². The highest BCUT2D eigenvalue weighted by molar-refractivity contribution is 7.14. The van der Waals surface area contributed by atoms with Crippen molar-refractivity contribution in [3.05, 3.63) is 94.9 Å². The number of thiazole rings is 1. The van der Waals surface area contributed by atoms with Gasteiger partial charge < -0.3 is 24.4 Å². The Morgan fingerprint density at radius 3 is 2.24 bits per heavy atom. The van der Waals surface area contributed by atoms with E-state index in [2.05, 4.69) is 17.0 Å². The smallest absolute Gasteiger partial charge is 0.323 e. The highest BCUT2D eigenvalue weighted by Gasteiger charge is 2.18. The van der Waals surface area contributed by atoms with Gasteiger partial charge in [-0.05, 0) is 41.5 Å². The summed E-state index contributed by atoms with van der Waals surface area (Å²) in [6, 6.07) is 23.0. The largest absolute Gasteiger partial charge is 0.497 e. The molecule has 0 aliphatic rings. The van der Waals surface area contributed by atoms with Crippen molar-refractivity contribution < 1.29 is 24.2 Å². The van der Waals surface area contributed by atoms with Gasteiger partial charge in [-0.3, -0.25) is 9.59 Å². The fraction of sp³-hybridized carbons (Fsp3) is 0.207. The number of aliphatic carboxylic acids is 1. The third kappa shape index (κ3) is 6.49. The number of benzene rings is 3. The van der Waals surface area contributed by atoms with Crippen molar-refractivity contribution in [3.8, 4) is 22.8 Å². The average molecular weight is 532 g/mol. The Morgan fingerprint density at radius 2 is 1.61 bits per heavy atom. The van der Waals surface area contributed by atoms with E-state index in [0.29, 0.717) is 24.4 Å². The van der Waals surface area contributed by atoms with Gasteiger partial charge in [-0.15, -0.1) is 11.3 Å². The normalized spacial score (nSPS) is 10.6. The van der Waals surface area contributed by atoms with E-state index in [9.17, 15) is 9.59 Å². The Bertz CT molecular complexity index is 1390. The predicted octanol–water partition coefficient (Wildman–Crippen LogP) is 5.19. The van der Waals surface area contributed by atoms with E-state index < -0.39 is 5.97 Å². The summed E-state index contributed by atoms with van der Waals surface area (Å²) in [5, 5.41) is 11.8. The number of hydrogen-bond donors (Lipinski definition) is 1. The molecule has 0 atom stereocenters. The number of aromatic nitrogens is 1. The number of nitrogens with zero attached hydrogens (tertiary/aromatic N) is 3. The number of methoxy groups -OCH3 is 2. The number of rotatable bonds is 11. The lowest BCUT2D eigenvalue weighted by atomic mass is 10.1. The van der Waals surface area contributed by atoms with Crippen LogP contribution in [-0.4, -0.2) is 54.7 Å². The van der Waals surface area contributed by atoms with E-state index in [4.69, 9.17) is 19.6 Å². The maximum atomic E-state index is 12.5. The van der Waals surface area contributed by atoms with Gasteiger partial charge in [0.15, 0.2) is 5.13 Å². The van der Waals surface area contributed by atoms with Crippen LogP contribution in [0.4, 0.5) is 5.13 Å². The molecule has 0 unspecified atom stereocenters. The summed E-state index contributed by atoms with van der Waals surface area (Å²) in [5.41, 5.74) is 4.22. The molecule has 0 bridgehead atoms. The summed E-state index contributed by atoms with van der Waals surface area (Å²) in [4.78, 5) is 31.8. The molecule has 9 heteroatoms. The Morgan fingerprint density at radius 1 is 0.921 bits per heavy atom. The van der Waals surface area contributed by atoms with Gasteiger partial charge in [-0.25, -0.2) is 4.98 Å². The van der Waals surface area contributed by atoms with E-state index in [-0.39, 0.29) is 12.5 Å². The maximum absolute atomic E-state index is 12.5. The second kappa shape index (κ2) is 12.2. The fourth-order valence-corrected chi connectivity index (χ4v) is 4.84. The third-order valence-corrected chi connectivity index (χ3v) is 6.86. The number of amides is 1. The van der Waals surface area contributed by atoms with Crippen molar-refractivity contribution >= 4 is 28.3 Å². The number of carbonyl (C=O) groups excluding carboxylic acids is 1. The molecule has 1 N–H and O–H groups in total. The van der Waals surface area contributed by atoms with Gasteiger partial charge in [0.25, 0.3) is 5.91 Å². The number of carbonyl (C=O) groups is 2. The minimum atomic E-state index is -1.05. The molecule has 196 valence electrons. The molecule has 3 aromatic carbocycles. The van der Waals surface area contributed by atoms with Crippen LogP contribution in [0.25, 0.3) is 11.3 Å². The van der Waals surface area contributed by atoms with E-state index in [1.54, 1.807) is 37.7 Å². The molecule has 0 radical (unpaired) electrons. The molecular formula is C29H29N3O5S. The summed E-state index contributed by atoms with van der Waals surface area (Å²) in [5.74, 6) is 0.0470. The van der Waals surface area contributed by atoms with Crippen LogP contribution in [0.3, 0.4) is 0 Å². The standard InChI is InChI=1S/C29H29N3O5S/c1-31(18-27(33)34)28(35)22-11-9-21(10-12-22)17-32(16-20-7-5-4-6-8-20)29-30-25(19-38-29)24-15-23(36-2)13-14-26(24)37-3/h4-15,19H,16-18H2,1-3H3,(H,33,34). The Kier molecular flexibility index (Phi) is 8.60. The lowest BCUT2D eigenvalue weighted by Gasteiger charge is -2.22. The topological polar surface area (TPSA) is 92.2 Å². The quantitative estimate of drug-likeness (QED) is 0.285. The molecule has 38 heavy (non-hydrogen) atoms. The predicted molar refractivity (Wildman–Crippen MR) is 148 cm³/mol. The summed E-state index contributed by atoms with van der Waals surface area (Å²) in [7, 11) is 4.74. The van der Waals surface area contributed by atoms with Gasteiger partial charge in [0, 0.05) is 36.6 Å². The molecule has 1 aromatic heterocycles. The molecule has 0 aliphatic heterocycles. The highest BCUT2D eigenvalue weighted by Crippen LogP contribution is 2.36. The molecule has 0 saturated carbocycles. The fourth-order valence-electron chi connectivity index (χ4n) is 4.01. The van der Waals surface area contributed by atoms with Gasteiger partial charge in [0.2, 0.25) is 0 Å². The summed E-state index contributed by atoms with van der Waals surface area (Å²) < 4.78 is 11.0. The van der Waals surface area contributed by atoms with Crippen molar-refractivity contribution in [1.82, 2.24) is 9.88 Å². The van der Waals surface area contributed by atoms with Gasteiger partial charge in [0.1, 0.15) is 18.0 Å². The molecule has 0 saturated heterocycles. The molecular weight excluding hydrogens is 502 g/mol. The van der Waals surface area contributed by atoms with Crippen LogP contribution in [0.15, 0.2) is 78.2 Å². The van der Waals surface area contributed by atoms with Crippen molar-refractivity contribution in [2.24, 2.45) is 0 Å². The van der Waals surface area contributed by atoms with Crippen molar-refractivity contribution in [2.75, 3.05) is 32.7 Å². The van der Waals surface area contributed by atoms with Gasteiger partial charge >= 0.3 is 5.97 Å². The summed E-state index contributed by atoms with van der Waals surface area (Å²) >= 11 is 1.54. The molecule has 8 nitrogen and oxygen atoms in total. The Hall–Kier alpha value is -4.37. The van der Waals surface area contributed by atoms with Gasteiger partial charge in [-0.1, -0.05) is 42.5 Å². The lowest BCUT2D eigenvalue weighted by molar-refractivity contribution is -0.137. The van der Waals surface area contributed by atoms with E-state index in [1.165, 1.54) is 11.9 Å². The van der Waals surface area contributed by atoms with Gasteiger partial charge in [0.05, 0.1) is 19.9 Å². The Balaban J connectivity index is 1.60. The van der Waals surface area contributed by atoms with Gasteiger partial charge in [-0.2, -0.15) is 0 Å². The summed E-state index contributed by atoms with van der Waals surface area (Å²) in [6.07, 6.45) is 0. The Labute approximate surface area is 225 Å². The SMILES string of the molecule is COc1ccc(OC)c(-c2csc(N(Cc3ccccc3)Cc3ccc(C(=O)N(C)CC(=O)O)cc3)n2)c1. The molecule has 0 aliphatic carbocycles. The van der Waals surface area contributed by atoms with Crippen LogP contribution in [0.1, 0.15) is 21.5 Å². The van der Waals surface area contributed by atoms with Crippen LogP contribution in [0, 0.1) is 0 Å². The maximum Gasteiger partial charge on any atom is 0.323 e. The molecule has 4 aromatic rings. The zero-order valence-corrected chi connectivity index (χ0v) is 22.3. The minimum absolute atomic E-state index is 0.336. The summed E-state index contributed by atoms with van der Waals surface area (Å²) in [6.45, 7) is 0.859. The molecule has 0 spiro atoms. The van der Waals surface area contributed by atoms with Crippen LogP contribution in [0.2, 0.25) is 0 Å². The average Bonchev–Trinajstić information content (AvgIpc) is 3.43. The van der Waals surface area contributed by atoms with E-state index >= 15 is 0 Å². The van der Waals surface area contributed by atoms with Crippen molar-refractivity contribution in [1.29, 1.82) is 0 Å². The lowest BCUT2D eigenvalue weighted by Crippen LogP contribution is -2.31. The third-order valence-electron chi connectivity index (χ3n) is 5.95. The zero-order chi connectivity index (χ0) is 27.1. The first-order chi connectivity index (χ1) is 18.4. The molecule has 0 fully saturated rings. The molecule has 1 amide bonds.